The Bertz CT molecular complexity index is 659. The molecule has 0 aliphatic heterocycles. The normalized spacial score (nSPS) is 9.91. The maximum Gasteiger partial charge on any atom is 0.338 e. The van der Waals surface area contributed by atoms with Crippen LogP contribution in [-0.4, -0.2) is 19.7 Å². The predicted molar refractivity (Wildman–Crippen MR) is 85.2 cm³/mol. The lowest BCUT2D eigenvalue weighted by Gasteiger charge is -2.12. The van der Waals surface area contributed by atoms with Crippen LogP contribution in [0.4, 0.5) is 0 Å². The van der Waals surface area contributed by atoms with Gasteiger partial charge in [-0.2, -0.15) is 0 Å². The molecule has 0 spiro atoms. The molecule has 0 radical (unpaired) electrons. The molecule has 0 N–H and O–H groups in total. The summed E-state index contributed by atoms with van der Waals surface area (Å²) in [6.45, 7) is 5.86. The molecule has 2 aromatic rings. The fourth-order valence-electron chi connectivity index (χ4n) is 1.90. The molecule has 0 aliphatic carbocycles. The van der Waals surface area contributed by atoms with E-state index in [2.05, 4.69) is 6.58 Å². The molecule has 0 aromatic heterocycles. The molecular weight excluding hydrogens is 280 g/mol. The Labute approximate surface area is 129 Å². The highest BCUT2D eigenvalue weighted by molar-refractivity contribution is 6.16. The van der Waals surface area contributed by atoms with Crippen molar-refractivity contribution < 1.29 is 19.0 Å². The molecule has 22 heavy (non-hydrogen) atoms. The van der Waals surface area contributed by atoms with E-state index in [1.165, 1.54) is 0 Å². The van der Waals surface area contributed by atoms with E-state index >= 15 is 0 Å². The number of esters is 1. The summed E-state index contributed by atoms with van der Waals surface area (Å²) >= 11 is 0. The van der Waals surface area contributed by atoms with E-state index in [0.717, 1.165) is 5.75 Å². The molecular formula is C18H18O4. The minimum atomic E-state index is -0.451. The first-order chi connectivity index (χ1) is 10.7. The summed E-state index contributed by atoms with van der Waals surface area (Å²) in [5.41, 5.74) is 0.878. The van der Waals surface area contributed by atoms with Crippen molar-refractivity contribution in [1.82, 2.24) is 0 Å². The summed E-state index contributed by atoms with van der Waals surface area (Å²) in [4.78, 5) is 11.8. The van der Waals surface area contributed by atoms with Gasteiger partial charge in [-0.25, -0.2) is 4.79 Å². The highest BCUT2D eigenvalue weighted by Gasteiger charge is 2.15. The average molecular weight is 298 g/mol. The minimum Gasteiger partial charge on any atom is -0.497 e. The van der Waals surface area contributed by atoms with Crippen LogP contribution in [0, 0.1) is 0 Å². The Morgan fingerprint density at radius 1 is 1.05 bits per heavy atom. The molecule has 0 fully saturated rings. The van der Waals surface area contributed by atoms with Crippen LogP contribution in [0.1, 0.15) is 12.5 Å². The van der Waals surface area contributed by atoms with Crippen LogP contribution >= 0.6 is 0 Å². The Morgan fingerprint density at radius 2 is 1.68 bits per heavy atom. The Kier molecular flexibility index (Phi) is 5.20. The van der Waals surface area contributed by atoms with Gasteiger partial charge in [0.25, 0.3) is 0 Å². The van der Waals surface area contributed by atoms with Gasteiger partial charge in [-0.15, -0.1) is 0 Å². The maximum atomic E-state index is 11.8. The lowest BCUT2D eigenvalue weighted by atomic mass is 10.1. The fourth-order valence-corrected chi connectivity index (χ4v) is 1.90. The molecule has 2 aromatic carbocycles. The van der Waals surface area contributed by atoms with E-state index in [4.69, 9.17) is 14.2 Å². The number of hydrogen-bond acceptors (Lipinski definition) is 4. The molecule has 2 rings (SSSR count). The first-order valence-electron chi connectivity index (χ1n) is 6.93. The summed E-state index contributed by atoms with van der Waals surface area (Å²) < 4.78 is 15.9. The lowest BCUT2D eigenvalue weighted by Crippen LogP contribution is -2.06. The van der Waals surface area contributed by atoms with E-state index in [-0.39, 0.29) is 5.57 Å². The van der Waals surface area contributed by atoms with Gasteiger partial charge < -0.3 is 14.2 Å². The molecule has 0 atom stereocenters. The first-order valence-corrected chi connectivity index (χ1v) is 6.93. The molecule has 0 amide bonds. The summed E-state index contributed by atoms with van der Waals surface area (Å²) in [6.07, 6.45) is 0. The van der Waals surface area contributed by atoms with Crippen molar-refractivity contribution in [2.45, 2.75) is 6.92 Å². The molecule has 4 nitrogen and oxygen atoms in total. The van der Waals surface area contributed by atoms with Crippen LogP contribution in [0.25, 0.3) is 5.57 Å². The second-order valence-corrected chi connectivity index (χ2v) is 4.47. The van der Waals surface area contributed by atoms with E-state index in [0.29, 0.717) is 23.7 Å². The molecule has 4 heteroatoms. The van der Waals surface area contributed by atoms with Crippen LogP contribution in [0.3, 0.4) is 0 Å². The van der Waals surface area contributed by atoms with Gasteiger partial charge >= 0.3 is 5.97 Å². The quantitative estimate of drug-likeness (QED) is 0.596. The van der Waals surface area contributed by atoms with Gasteiger partial charge in [-0.1, -0.05) is 24.8 Å². The Hall–Kier alpha value is -2.75. The SMILES string of the molecule is C=C(C(=O)OCC)c1ccccc1Oc1ccc(OC)cc1. The van der Waals surface area contributed by atoms with E-state index in [9.17, 15) is 4.79 Å². The summed E-state index contributed by atoms with van der Waals surface area (Å²) in [5, 5.41) is 0. The third kappa shape index (κ3) is 3.67. The summed E-state index contributed by atoms with van der Waals surface area (Å²) in [5.74, 6) is 1.49. The van der Waals surface area contributed by atoms with E-state index < -0.39 is 5.97 Å². The van der Waals surface area contributed by atoms with Crippen LogP contribution in [-0.2, 0) is 9.53 Å². The first kappa shape index (κ1) is 15.6. The van der Waals surface area contributed by atoms with Crippen LogP contribution < -0.4 is 9.47 Å². The number of ether oxygens (including phenoxy) is 3. The van der Waals surface area contributed by atoms with Crippen molar-refractivity contribution in [2.75, 3.05) is 13.7 Å². The largest absolute Gasteiger partial charge is 0.497 e. The number of rotatable bonds is 6. The average Bonchev–Trinajstić information content (AvgIpc) is 2.55. The topological polar surface area (TPSA) is 44.8 Å². The van der Waals surface area contributed by atoms with E-state index in [1.54, 1.807) is 50.4 Å². The van der Waals surface area contributed by atoms with Crippen molar-refractivity contribution >= 4 is 11.5 Å². The number of para-hydroxylation sites is 1. The van der Waals surface area contributed by atoms with Crippen molar-refractivity contribution in [2.24, 2.45) is 0 Å². The van der Waals surface area contributed by atoms with Crippen molar-refractivity contribution in [3.8, 4) is 17.2 Å². The van der Waals surface area contributed by atoms with Gasteiger partial charge in [0.15, 0.2) is 0 Å². The molecule has 0 unspecified atom stereocenters. The number of carbonyl (C=O) groups is 1. The molecule has 0 bridgehead atoms. The summed E-state index contributed by atoms with van der Waals surface area (Å²) in [7, 11) is 1.61. The Balaban J connectivity index is 2.24. The van der Waals surface area contributed by atoms with Gasteiger partial charge in [0.2, 0.25) is 0 Å². The third-order valence-electron chi connectivity index (χ3n) is 3.02. The van der Waals surface area contributed by atoms with Crippen molar-refractivity contribution in [1.29, 1.82) is 0 Å². The summed E-state index contributed by atoms with van der Waals surface area (Å²) in [6, 6.07) is 14.4. The highest BCUT2D eigenvalue weighted by Crippen LogP contribution is 2.30. The number of benzene rings is 2. The van der Waals surface area contributed by atoms with Gasteiger partial charge in [0, 0.05) is 5.56 Å². The molecule has 0 saturated carbocycles. The highest BCUT2D eigenvalue weighted by atomic mass is 16.5. The van der Waals surface area contributed by atoms with Gasteiger partial charge in [0.1, 0.15) is 17.2 Å². The lowest BCUT2D eigenvalue weighted by molar-refractivity contribution is -0.136. The van der Waals surface area contributed by atoms with Crippen molar-refractivity contribution in [3.05, 3.63) is 60.7 Å². The third-order valence-corrected chi connectivity index (χ3v) is 3.02. The second kappa shape index (κ2) is 7.31. The second-order valence-electron chi connectivity index (χ2n) is 4.47. The number of methoxy groups -OCH3 is 1. The van der Waals surface area contributed by atoms with Gasteiger partial charge in [0.05, 0.1) is 19.3 Å². The molecule has 114 valence electrons. The standard InChI is InChI=1S/C18H18O4/c1-4-21-18(19)13(2)16-7-5-6-8-17(16)22-15-11-9-14(20-3)10-12-15/h5-12H,2,4H2,1,3H3. The van der Waals surface area contributed by atoms with Crippen LogP contribution in [0.2, 0.25) is 0 Å². The molecule has 0 aliphatic rings. The molecule has 0 heterocycles. The van der Waals surface area contributed by atoms with Crippen LogP contribution in [0.5, 0.6) is 17.2 Å². The van der Waals surface area contributed by atoms with Crippen molar-refractivity contribution in [3.63, 3.8) is 0 Å². The monoisotopic (exact) mass is 298 g/mol. The maximum absolute atomic E-state index is 11.8. The van der Waals surface area contributed by atoms with Gasteiger partial charge in [-0.3, -0.25) is 0 Å². The van der Waals surface area contributed by atoms with Crippen LogP contribution in [0.15, 0.2) is 55.1 Å². The number of carbonyl (C=O) groups excluding carboxylic acids is 1. The Morgan fingerprint density at radius 3 is 2.32 bits per heavy atom. The molecule has 0 saturated heterocycles. The van der Waals surface area contributed by atoms with E-state index in [1.807, 2.05) is 12.1 Å². The fraction of sp³-hybridized carbons (Fsp3) is 0.167. The number of hydrogen-bond donors (Lipinski definition) is 0. The predicted octanol–water partition coefficient (Wildman–Crippen LogP) is 4.06. The zero-order valence-corrected chi connectivity index (χ0v) is 12.7. The minimum absolute atomic E-state index is 0.269. The van der Waals surface area contributed by atoms with Gasteiger partial charge in [-0.05, 0) is 37.3 Å². The zero-order chi connectivity index (χ0) is 15.9. The smallest absolute Gasteiger partial charge is 0.338 e. The zero-order valence-electron chi connectivity index (χ0n) is 12.7.